The summed E-state index contributed by atoms with van der Waals surface area (Å²) in [6, 6.07) is 4.35. The minimum absolute atomic E-state index is 0.267. The van der Waals surface area contributed by atoms with Crippen LogP contribution in [0, 0.1) is 12.8 Å². The molecule has 1 aliphatic rings. The molecule has 1 fully saturated rings. The zero-order chi connectivity index (χ0) is 15.4. The predicted molar refractivity (Wildman–Crippen MR) is 87.7 cm³/mol. The molecular formula is C17H29N3O. The number of ether oxygens (including phenoxy) is 1. The SMILES string of the molecule is Cc1nc(N2CC(C)OC(C)C2)ccc1CNCC(C)C. The average molecular weight is 291 g/mol. The molecule has 1 saturated heterocycles. The highest BCUT2D eigenvalue weighted by Gasteiger charge is 2.23. The molecule has 4 heteroatoms. The lowest BCUT2D eigenvalue weighted by Crippen LogP contribution is -2.45. The molecule has 2 rings (SSSR count). The fraction of sp³-hybridized carbons (Fsp3) is 0.706. The molecule has 2 heterocycles. The van der Waals surface area contributed by atoms with Gasteiger partial charge in [0.2, 0.25) is 0 Å². The minimum Gasteiger partial charge on any atom is -0.372 e. The number of nitrogens with zero attached hydrogens (tertiary/aromatic N) is 2. The molecule has 0 aliphatic carbocycles. The number of aromatic nitrogens is 1. The monoisotopic (exact) mass is 291 g/mol. The van der Waals surface area contributed by atoms with Crippen molar-refractivity contribution in [2.24, 2.45) is 5.92 Å². The molecule has 1 aliphatic heterocycles. The standard InChI is InChI=1S/C17H29N3O/c1-12(2)8-18-9-16-6-7-17(19-15(16)5)20-10-13(3)21-14(4)11-20/h6-7,12-14,18H,8-11H2,1-5H3. The number of hydrogen-bond acceptors (Lipinski definition) is 4. The Morgan fingerprint density at radius 3 is 2.52 bits per heavy atom. The van der Waals surface area contributed by atoms with E-state index in [2.05, 4.69) is 57.0 Å². The van der Waals surface area contributed by atoms with E-state index in [4.69, 9.17) is 9.72 Å². The highest BCUT2D eigenvalue weighted by molar-refractivity contribution is 5.42. The molecule has 1 N–H and O–H groups in total. The first-order valence-electron chi connectivity index (χ1n) is 8.03. The first-order chi connectivity index (χ1) is 9.95. The van der Waals surface area contributed by atoms with Gasteiger partial charge in [0.15, 0.2) is 0 Å². The average Bonchev–Trinajstić information content (AvgIpc) is 2.39. The van der Waals surface area contributed by atoms with Gasteiger partial charge < -0.3 is 15.0 Å². The van der Waals surface area contributed by atoms with E-state index in [1.54, 1.807) is 0 Å². The number of anilines is 1. The Kier molecular flexibility index (Phi) is 5.59. The maximum atomic E-state index is 5.79. The zero-order valence-electron chi connectivity index (χ0n) is 14.0. The quantitative estimate of drug-likeness (QED) is 0.905. The Bertz CT molecular complexity index is 451. The second-order valence-corrected chi connectivity index (χ2v) is 6.60. The Hall–Kier alpha value is -1.13. The van der Waals surface area contributed by atoms with Gasteiger partial charge in [-0.2, -0.15) is 0 Å². The fourth-order valence-corrected chi connectivity index (χ4v) is 2.80. The van der Waals surface area contributed by atoms with Gasteiger partial charge in [-0.05, 0) is 44.9 Å². The molecule has 21 heavy (non-hydrogen) atoms. The van der Waals surface area contributed by atoms with Crippen molar-refractivity contribution >= 4 is 5.82 Å². The molecular weight excluding hydrogens is 262 g/mol. The molecule has 4 nitrogen and oxygen atoms in total. The van der Waals surface area contributed by atoms with Crippen LogP contribution in [0.15, 0.2) is 12.1 Å². The van der Waals surface area contributed by atoms with E-state index in [-0.39, 0.29) is 12.2 Å². The van der Waals surface area contributed by atoms with Crippen LogP contribution in [0.5, 0.6) is 0 Å². The molecule has 0 saturated carbocycles. The fourth-order valence-electron chi connectivity index (χ4n) is 2.80. The number of rotatable bonds is 5. The zero-order valence-corrected chi connectivity index (χ0v) is 14.0. The molecule has 118 valence electrons. The largest absolute Gasteiger partial charge is 0.372 e. The van der Waals surface area contributed by atoms with E-state index in [9.17, 15) is 0 Å². The topological polar surface area (TPSA) is 37.4 Å². The third-order valence-electron chi connectivity index (χ3n) is 3.79. The highest BCUT2D eigenvalue weighted by atomic mass is 16.5. The number of nitrogens with one attached hydrogen (secondary N) is 1. The van der Waals surface area contributed by atoms with Gasteiger partial charge in [0.05, 0.1) is 12.2 Å². The van der Waals surface area contributed by atoms with Gasteiger partial charge in [0.25, 0.3) is 0 Å². The van der Waals surface area contributed by atoms with Crippen molar-refractivity contribution in [3.63, 3.8) is 0 Å². The summed E-state index contributed by atoms with van der Waals surface area (Å²) < 4.78 is 5.79. The van der Waals surface area contributed by atoms with E-state index in [0.29, 0.717) is 5.92 Å². The molecule has 2 atom stereocenters. The van der Waals surface area contributed by atoms with Gasteiger partial charge in [-0.25, -0.2) is 4.98 Å². The van der Waals surface area contributed by atoms with E-state index in [1.165, 1.54) is 5.56 Å². The second-order valence-electron chi connectivity index (χ2n) is 6.60. The number of pyridine rings is 1. The van der Waals surface area contributed by atoms with Gasteiger partial charge in [-0.3, -0.25) is 0 Å². The van der Waals surface area contributed by atoms with Crippen LogP contribution in [0.1, 0.15) is 39.0 Å². The smallest absolute Gasteiger partial charge is 0.128 e. The molecule has 0 radical (unpaired) electrons. The number of hydrogen-bond donors (Lipinski definition) is 1. The Balaban J connectivity index is 2.01. The van der Waals surface area contributed by atoms with Crippen molar-refractivity contribution in [3.8, 4) is 0 Å². The molecule has 0 amide bonds. The van der Waals surface area contributed by atoms with Crippen LogP contribution in [0.4, 0.5) is 5.82 Å². The van der Waals surface area contributed by atoms with Crippen molar-refractivity contribution in [3.05, 3.63) is 23.4 Å². The minimum atomic E-state index is 0.267. The molecule has 0 spiro atoms. The predicted octanol–water partition coefficient (Wildman–Crippen LogP) is 2.75. The van der Waals surface area contributed by atoms with E-state index < -0.39 is 0 Å². The second kappa shape index (κ2) is 7.23. The lowest BCUT2D eigenvalue weighted by molar-refractivity contribution is -0.00546. The number of morpholine rings is 1. The maximum absolute atomic E-state index is 5.79. The van der Waals surface area contributed by atoms with Gasteiger partial charge in [-0.15, -0.1) is 0 Å². The molecule has 2 unspecified atom stereocenters. The van der Waals surface area contributed by atoms with Gasteiger partial charge in [-0.1, -0.05) is 19.9 Å². The van der Waals surface area contributed by atoms with E-state index >= 15 is 0 Å². The Labute approximate surface area is 128 Å². The van der Waals surface area contributed by atoms with Gasteiger partial charge in [0, 0.05) is 25.3 Å². The summed E-state index contributed by atoms with van der Waals surface area (Å²) in [5.41, 5.74) is 2.41. The summed E-state index contributed by atoms with van der Waals surface area (Å²) in [5, 5.41) is 3.48. The first-order valence-corrected chi connectivity index (χ1v) is 8.03. The van der Waals surface area contributed by atoms with Crippen molar-refractivity contribution in [1.29, 1.82) is 0 Å². The summed E-state index contributed by atoms with van der Waals surface area (Å²) in [5.74, 6) is 1.75. The highest BCUT2D eigenvalue weighted by Crippen LogP contribution is 2.20. The van der Waals surface area contributed by atoms with Crippen LogP contribution in [-0.4, -0.2) is 36.8 Å². The molecule has 1 aromatic heterocycles. The number of aryl methyl sites for hydroxylation is 1. The summed E-state index contributed by atoms with van der Waals surface area (Å²) in [6.45, 7) is 14.6. The third-order valence-corrected chi connectivity index (χ3v) is 3.79. The van der Waals surface area contributed by atoms with Crippen LogP contribution in [0.3, 0.4) is 0 Å². The molecule has 1 aromatic rings. The molecule has 0 aromatic carbocycles. The van der Waals surface area contributed by atoms with Crippen molar-refractivity contribution in [1.82, 2.24) is 10.3 Å². The van der Waals surface area contributed by atoms with Crippen LogP contribution in [0.2, 0.25) is 0 Å². The normalized spacial score (nSPS) is 22.9. The van der Waals surface area contributed by atoms with Crippen LogP contribution in [-0.2, 0) is 11.3 Å². The Morgan fingerprint density at radius 2 is 1.95 bits per heavy atom. The van der Waals surface area contributed by atoms with Crippen LogP contribution in [0.25, 0.3) is 0 Å². The lowest BCUT2D eigenvalue weighted by atomic mass is 10.1. The Morgan fingerprint density at radius 1 is 1.29 bits per heavy atom. The third kappa shape index (κ3) is 4.68. The van der Waals surface area contributed by atoms with Crippen molar-refractivity contribution < 1.29 is 4.74 Å². The van der Waals surface area contributed by atoms with Crippen molar-refractivity contribution in [2.45, 2.75) is 53.4 Å². The maximum Gasteiger partial charge on any atom is 0.128 e. The summed E-state index contributed by atoms with van der Waals surface area (Å²) in [6.07, 6.45) is 0.534. The summed E-state index contributed by atoms with van der Waals surface area (Å²) in [7, 11) is 0. The lowest BCUT2D eigenvalue weighted by Gasteiger charge is -2.36. The first kappa shape index (κ1) is 16.2. The summed E-state index contributed by atoms with van der Waals surface area (Å²) >= 11 is 0. The van der Waals surface area contributed by atoms with Gasteiger partial charge in [0.1, 0.15) is 5.82 Å². The van der Waals surface area contributed by atoms with E-state index in [1.807, 2.05) is 0 Å². The summed E-state index contributed by atoms with van der Waals surface area (Å²) in [4.78, 5) is 7.12. The molecule has 0 bridgehead atoms. The van der Waals surface area contributed by atoms with Gasteiger partial charge >= 0.3 is 0 Å². The van der Waals surface area contributed by atoms with Crippen LogP contribution >= 0.6 is 0 Å². The van der Waals surface area contributed by atoms with Crippen LogP contribution < -0.4 is 10.2 Å². The van der Waals surface area contributed by atoms with Crippen molar-refractivity contribution in [2.75, 3.05) is 24.5 Å². The van der Waals surface area contributed by atoms with E-state index in [0.717, 1.165) is 37.7 Å².